The Morgan fingerprint density at radius 3 is 3.18 bits per heavy atom. The number of hydrogen-bond acceptors (Lipinski definition) is 2. The second-order valence-corrected chi connectivity index (χ2v) is 2.33. The summed E-state index contributed by atoms with van der Waals surface area (Å²) in [5, 5.41) is 0. The molecule has 0 saturated carbocycles. The third-order valence-corrected chi connectivity index (χ3v) is 1.58. The van der Waals surface area contributed by atoms with Gasteiger partial charge in [-0.05, 0) is 12.5 Å². The van der Waals surface area contributed by atoms with Crippen molar-refractivity contribution in [2.45, 2.75) is 6.42 Å². The van der Waals surface area contributed by atoms with Gasteiger partial charge < -0.3 is 4.74 Å². The van der Waals surface area contributed by atoms with Gasteiger partial charge in [0.05, 0.1) is 12.5 Å². The lowest BCUT2D eigenvalue weighted by molar-refractivity contribution is -0.105. The van der Waals surface area contributed by atoms with Crippen molar-refractivity contribution in [1.29, 1.82) is 0 Å². The van der Waals surface area contributed by atoms with Crippen LogP contribution in [-0.2, 0) is 9.53 Å². The lowest BCUT2D eigenvalue weighted by Gasteiger charge is -2.12. The van der Waals surface area contributed by atoms with E-state index >= 15 is 0 Å². The number of rotatable bonds is 3. The molecule has 0 amide bonds. The van der Waals surface area contributed by atoms with Crippen LogP contribution < -0.4 is 0 Å². The summed E-state index contributed by atoms with van der Waals surface area (Å²) in [6.45, 7) is 3.61. The maximum atomic E-state index is 10.4. The Morgan fingerprint density at radius 2 is 2.55 bits per heavy atom. The lowest BCUT2D eigenvalue weighted by Crippen LogP contribution is -2.04. The van der Waals surface area contributed by atoms with Crippen LogP contribution in [0.15, 0.2) is 36.8 Å². The van der Waals surface area contributed by atoms with E-state index in [0.29, 0.717) is 5.57 Å². The summed E-state index contributed by atoms with van der Waals surface area (Å²) < 4.78 is 4.84. The molecule has 1 aliphatic rings. The number of ether oxygens (including phenoxy) is 1. The minimum Gasteiger partial charge on any atom is -0.473 e. The van der Waals surface area contributed by atoms with E-state index in [1.54, 1.807) is 12.3 Å². The maximum absolute atomic E-state index is 10.4. The number of carbonyl (C=O) groups is 1. The quantitative estimate of drug-likeness (QED) is 0.453. The van der Waals surface area contributed by atoms with Crippen molar-refractivity contribution in [2.75, 3.05) is 0 Å². The summed E-state index contributed by atoms with van der Waals surface area (Å²) in [5.41, 5.74) is 0.674. The van der Waals surface area contributed by atoms with Crippen molar-refractivity contribution in [3.8, 4) is 0 Å². The molecule has 0 saturated heterocycles. The molecule has 0 aromatic rings. The first kappa shape index (κ1) is 7.79. The monoisotopic (exact) mass is 150 g/mol. The molecule has 2 heteroatoms. The van der Waals surface area contributed by atoms with Crippen molar-refractivity contribution in [3.05, 3.63) is 36.8 Å². The molecule has 0 N–H and O–H groups in total. The van der Waals surface area contributed by atoms with E-state index in [4.69, 9.17) is 4.74 Å². The van der Waals surface area contributed by atoms with Crippen LogP contribution in [0, 0.1) is 5.92 Å². The smallest absolute Gasteiger partial charge is 0.149 e. The van der Waals surface area contributed by atoms with Crippen LogP contribution in [-0.4, -0.2) is 6.29 Å². The van der Waals surface area contributed by atoms with Gasteiger partial charge in [-0.2, -0.15) is 0 Å². The molecular formula is C9H10O2. The lowest BCUT2D eigenvalue weighted by atomic mass is 9.97. The van der Waals surface area contributed by atoms with Gasteiger partial charge in [0.2, 0.25) is 0 Å². The van der Waals surface area contributed by atoms with E-state index < -0.39 is 0 Å². The van der Waals surface area contributed by atoms with E-state index in [1.807, 2.05) is 6.08 Å². The van der Waals surface area contributed by atoms with Crippen molar-refractivity contribution >= 4 is 6.29 Å². The van der Waals surface area contributed by atoms with Gasteiger partial charge in [0.15, 0.2) is 0 Å². The van der Waals surface area contributed by atoms with Gasteiger partial charge >= 0.3 is 0 Å². The molecule has 0 bridgehead atoms. The molecular weight excluding hydrogens is 140 g/mol. The van der Waals surface area contributed by atoms with Gasteiger partial charge in [-0.3, -0.25) is 4.79 Å². The Labute approximate surface area is 65.9 Å². The van der Waals surface area contributed by atoms with Crippen LogP contribution in [0.3, 0.4) is 0 Å². The Bertz CT molecular complexity index is 214. The van der Waals surface area contributed by atoms with Gasteiger partial charge in [-0.1, -0.05) is 6.08 Å². The summed E-state index contributed by atoms with van der Waals surface area (Å²) in [5.74, 6) is 0.152. The molecule has 0 aliphatic carbocycles. The largest absolute Gasteiger partial charge is 0.473 e. The van der Waals surface area contributed by atoms with E-state index in [-0.39, 0.29) is 5.92 Å². The van der Waals surface area contributed by atoms with E-state index in [1.165, 1.54) is 6.26 Å². The third kappa shape index (κ3) is 1.80. The molecule has 1 unspecified atom stereocenters. The normalized spacial score (nSPS) is 21.8. The fourth-order valence-corrected chi connectivity index (χ4v) is 0.966. The first-order valence-electron chi connectivity index (χ1n) is 3.46. The summed E-state index contributed by atoms with van der Waals surface area (Å²) in [7, 11) is 0. The third-order valence-electron chi connectivity index (χ3n) is 1.58. The topological polar surface area (TPSA) is 26.3 Å². The zero-order valence-electron chi connectivity index (χ0n) is 6.19. The predicted molar refractivity (Wildman–Crippen MR) is 42.7 cm³/mol. The number of allylic oxidation sites excluding steroid dienone is 3. The van der Waals surface area contributed by atoms with Gasteiger partial charge in [0, 0.05) is 11.5 Å². The highest BCUT2D eigenvalue weighted by Crippen LogP contribution is 2.19. The molecule has 1 rings (SSSR count). The van der Waals surface area contributed by atoms with E-state index in [9.17, 15) is 4.79 Å². The predicted octanol–water partition coefficient (Wildman–Crippen LogP) is 1.81. The molecule has 0 radical (unpaired) electrons. The Morgan fingerprint density at radius 1 is 1.73 bits per heavy atom. The van der Waals surface area contributed by atoms with Crippen LogP contribution >= 0.6 is 0 Å². The molecule has 1 heterocycles. The molecule has 11 heavy (non-hydrogen) atoms. The average Bonchev–Trinajstić information content (AvgIpc) is 2.06. The van der Waals surface area contributed by atoms with Crippen molar-refractivity contribution < 1.29 is 9.53 Å². The van der Waals surface area contributed by atoms with Gasteiger partial charge in [0.1, 0.15) is 6.29 Å². The highest BCUT2D eigenvalue weighted by atomic mass is 16.5. The fourth-order valence-electron chi connectivity index (χ4n) is 0.966. The van der Waals surface area contributed by atoms with E-state index in [2.05, 4.69) is 6.58 Å². The van der Waals surface area contributed by atoms with Crippen LogP contribution in [0.5, 0.6) is 0 Å². The fraction of sp³-hybridized carbons (Fsp3) is 0.222. The van der Waals surface area contributed by atoms with E-state index in [0.717, 1.165) is 12.7 Å². The Hall–Kier alpha value is -1.31. The van der Waals surface area contributed by atoms with Crippen molar-refractivity contribution in [2.24, 2.45) is 5.92 Å². The Kier molecular flexibility index (Phi) is 2.66. The molecule has 0 aromatic heterocycles. The van der Waals surface area contributed by atoms with Crippen molar-refractivity contribution in [1.82, 2.24) is 0 Å². The number of aldehydes is 1. The molecule has 1 atom stereocenters. The van der Waals surface area contributed by atoms with Crippen LogP contribution in [0.4, 0.5) is 0 Å². The zero-order valence-corrected chi connectivity index (χ0v) is 6.19. The summed E-state index contributed by atoms with van der Waals surface area (Å²) in [4.78, 5) is 10.4. The van der Waals surface area contributed by atoms with Gasteiger partial charge in [0.25, 0.3) is 0 Å². The van der Waals surface area contributed by atoms with Crippen LogP contribution in [0.25, 0.3) is 0 Å². The zero-order chi connectivity index (χ0) is 8.10. The second kappa shape index (κ2) is 3.76. The maximum Gasteiger partial charge on any atom is 0.149 e. The number of hydrogen-bond donors (Lipinski definition) is 0. The molecule has 2 nitrogen and oxygen atoms in total. The van der Waals surface area contributed by atoms with Crippen LogP contribution in [0.2, 0.25) is 0 Å². The van der Waals surface area contributed by atoms with Crippen LogP contribution in [0.1, 0.15) is 6.42 Å². The molecule has 0 spiro atoms. The molecule has 0 aromatic carbocycles. The summed E-state index contributed by atoms with van der Waals surface area (Å²) in [6, 6.07) is 0. The minimum atomic E-state index is 0.152. The van der Waals surface area contributed by atoms with Gasteiger partial charge in [-0.15, -0.1) is 6.58 Å². The SMILES string of the molecule is C=CCC1C=COC=C1C=O. The summed E-state index contributed by atoms with van der Waals surface area (Å²) in [6.07, 6.45) is 8.30. The minimum absolute atomic E-state index is 0.152. The number of carbonyl (C=O) groups excluding carboxylic acids is 1. The first-order chi connectivity index (χ1) is 5.38. The van der Waals surface area contributed by atoms with Crippen molar-refractivity contribution in [3.63, 3.8) is 0 Å². The highest BCUT2D eigenvalue weighted by Gasteiger charge is 2.11. The highest BCUT2D eigenvalue weighted by molar-refractivity contribution is 5.74. The molecule has 58 valence electrons. The molecule has 0 fully saturated rings. The summed E-state index contributed by atoms with van der Waals surface area (Å²) >= 11 is 0. The first-order valence-corrected chi connectivity index (χ1v) is 3.46. The standard InChI is InChI=1S/C9H10O2/c1-2-3-8-4-5-11-7-9(8)6-10/h2,4-8H,1,3H2. The Balaban J connectivity index is 2.66. The average molecular weight is 150 g/mol. The van der Waals surface area contributed by atoms with Gasteiger partial charge in [-0.25, -0.2) is 0 Å². The second-order valence-electron chi connectivity index (χ2n) is 2.33. The molecule has 1 aliphatic heterocycles.